The van der Waals surface area contributed by atoms with Gasteiger partial charge < -0.3 is 4.90 Å². The van der Waals surface area contributed by atoms with E-state index in [-0.39, 0.29) is 22.2 Å². The predicted octanol–water partition coefficient (Wildman–Crippen LogP) is 2.48. The van der Waals surface area contributed by atoms with Crippen LogP contribution in [0.1, 0.15) is 23.2 Å². The molecule has 0 aromatic heterocycles. The fraction of sp³-hybridized carbons (Fsp3) is 0.364. The fourth-order valence-electron chi connectivity index (χ4n) is 1.88. The molecule has 0 atom stereocenters. The zero-order valence-electron chi connectivity index (χ0n) is 9.06. The molecule has 2 rings (SSSR count). The van der Waals surface area contributed by atoms with Gasteiger partial charge in [0.2, 0.25) is 0 Å². The predicted molar refractivity (Wildman–Crippen MR) is 63.2 cm³/mol. The molecule has 6 heteroatoms. The Hall–Kier alpha value is -1.62. The van der Waals surface area contributed by atoms with Gasteiger partial charge in [0.25, 0.3) is 11.6 Å². The summed E-state index contributed by atoms with van der Waals surface area (Å²) in [6, 6.07) is 3.93. The maximum absolute atomic E-state index is 12.1. The van der Waals surface area contributed by atoms with Gasteiger partial charge in [-0.15, -0.1) is 0 Å². The molecule has 1 fully saturated rings. The lowest BCUT2D eigenvalue weighted by Crippen LogP contribution is -2.27. The summed E-state index contributed by atoms with van der Waals surface area (Å²) in [5, 5.41) is 10.9. The van der Waals surface area contributed by atoms with Gasteiger partial charge in [0.05, 0.1) is 15.5 Å². The first-order valence-corrected chi connectivity index (χ1v) is 5.70. The van der Waals surface area contributed by atoms with Crippen molar-refractivity contribution in [1.82, 2.24) is 4.90 Å². The SMILES string of the molecule is O=C(c1cc([N+](=O)[O-])ccc1Cl)N1CCCC1. The van der Waals surface area contributed by atoms with E-state index in [1.807, 2.05) is 0 Å². The number of amides is 1. The first kappa shape index (κ1) is 11.9. The van der Waals surface area contributed by atoms with E-state index in [1.165, 1.54) is 18.2 Å². The third kappa shape index (κ3) is 2.39. The first-order chi connectivity index (χ1) is 8.09. The van der Waals surface area contributed by atoms with E-state index in [9.17, 15) is 14.9 Å². The number of nitrogens with zero attached hydrogens (tertiary/aromatic N) is 2. The summed E-state index contributed by atoms with van der Waals surface area (Å²) >= 11 is 5.90. The van der Waals surface area contributed by atoms with Crippen LogP contribution in [0.5, 0.6) is 0 Å². The summed E-state index contributed by atoms with van der Waals surface area (Å²) < 4.78 is 0. The van der Waals surface area contributed by atoms with Crippen molar-refractivity contribution < 1.29 is 9.72 Å². The van der Waals surface area contributed by atoms with Gasteiger partial charge in [-0.3, -0.25) is 14.9 Å². The third-order valence-corrected chi connectivity index (χ3v) is 3.11. The maximum Gasteiger partial charge on any atom is 0.270 e. The number of carbonyl (C=O) groups excluding carboxylic acids is 1. The molecule has 0 N–H and O–H groups in total. The highest BCUT2D eigenvalue weighted by molar-refractivity contribution is 6.33. The topological polar surface area (TPSA) is 63.4 Å². The largest absolute Gasteiger partial charge is 0.339 e. The minimum atomic E-state index is -0.531. The molecule has 0 saturated carbocycles. The van der Waals surface area contributed by atoms with Crippen molar-refractivity contribution in [2.24, 2.45) is 0 Å². The van der Waals surface area contributed by atoms with Crippen LogP contribution in [0, 0.1) is 10.1 Å². The maximum atomic E-state index is 12.1. The molecule has 1 aliphatic rings. The second kappa shape index (κ2) is 4.71. The number of carbonyl (C=O) groups is 1. The van der Waals surface area contributed by atoms with Crippen molar-refractivity contribution in [2.75, 3.05) is 13.1 Å². The van der Waals surface area contributed by atoms with Crippen LogP contribution in [0.2, 0.25) is 5.02 Å². The lowest BCUT2D eigenvalue weighted by molar-refractivity contribution is -0.384. The van der Waals surface area contributed by atoms with Crippen molar-refractivity contribution in [3.63, 3.8) is 0 Å². The van der Waals surface area contributed by atoms with Gasteiger partial charge in [-0.2, -0.15) is 0 Å². The van der Waals surface area contributed by atoms with E-state index in [0.717, 1.165) is 12.8 Å². The van der Waals surface area contributed by atoms with Gasteiger partial charge in [-0.1, -0.05) is 11.6 Å². The molecule has 1 aromatic carbocycles. The van der Waals surface area contributed by atoms with Crippen LogP contribution in [0.15, 0.2) is 18.2 Å². The molecule has 0 spiro atoms. The summed E-state index contributed by atoms with van der Waals surface area (Å²) in [5.74, 6) is -0.226. The summed E-state index contributed by atoms with van der Waals surface area (Å²) in [4.78, 5) is 23.8. The molecule has 0 unspecified atom stereocenters. The lowest BCUT2D eigenvalue weighted by atomic mass is 10.2. The number of halogens is 1. The van der Waals surface area contributed by atoms with Gasteiger partial charge in [0.1, 0.15) is 0 Å². The van der Waals surface area contributed by atoms with Gasteiger partial charge in [-0.05, 0) is 18.9 Å². The van der Waals surface area contributed by atoms with E-state index in [2.05, 4.69) is 0 Å². The van der Waals surface area contributed by atoms with Crippen molar-refractivity contribution >= 4 is 23.2 Å². The Balaban J connectivity index is 2.32. The normalized spacial score (nSPS) is 15.0. The monoisotopic (exact) mass is 254 g/mol. The van der Waals surface area contributed by atoms with Gasteiger partial charge in [-0.25, -0.2) is 0 Å². The molecule has 1 saturated heterocycles. The van der Waals surface area contributed by atoms with Crippen LogP contribution < -0.4 is 0 Å². The number of hydrogen-bond acceptors (Lipinski definition) is 3. The van der Waals surface area contributed by atoms with Crippen molar-refractivity contribution in [1.29, 1.82) is 0 Å². The Kier molecular flexibility index (Phi) is 3.28. The number of non-ortho nitro benzene ring substituents is 1. The lowest BCUT2D eigenvalue weighted by Gasteiger charge is -2.15. The second-order valence-electron chi connectivity index (χ2n) is 3.92. The van der Waals surface area contributed by atoms with Crippen molar-refractivity contribution in [2.45, 2.75) is 12.8 Å². The number of benzene rings is 1. The zero-order chi connectivity index (χ0) is 12.4. The van der Waals surface area contributed by atoms with Crippen LogP contribution in [0.4, 0.5) is 5.69 Å². The van der Waals surface area contributed by atoms with E-state index in [1.54, 1.807) is 4.90 Å². The molecular weight excluding hydrogens is 244 g/mol. The smallest absolute Gasteiger partial charge is 0.270 e. The van der Waals surface area contributed by atoms with Crippen LogP contribution in [0.3, 0.4) is 0 Å². The van der Waals surface area contributed by atoms with E-state index in [0.29, 0.717) is 13.1 Å². The minimum absolute atomic E-state index is 0.114. The number of likely N-dealkylation sites (tertiary alicyclic amines) is 1. The summed E-state index contributed by atoms with van der Waals surface area (Å²) in [5.41, 5.74) is 0.0970. The van der Waals surface area contributed by atoms with E-state index in [4.69, 9.17) is 11.6 Å². The van der Waals surface area contributed by atoms with Crippen LogP contribution >= 0.6 is 11.6 Å². The number of rotatable bonds is 2. The first-order valence-electron chi connectivity index (χ1n) is 5.33. The molecule has 5 nitrogen and oxygen atoms in total. The number of hydrogen-bond donors (Lipinski definition) is 0. The molecule has 0 aliphatic carbocycles. The standard InChI is InChI=1S/C11H11ClN2O3/c12-10-4-3-8(14(16)17)7-9(10)11(15)13-5-1-2-6-13/h3-4,7H,1-2,5-6H2. The Morgan fingerprint density at radius 3 is 2.59 bits per heavy atom. The molecule has 0 bridgehead atoms. The van der Waals surface area contributed by atoms with Crippen LogP contribution in [-0.2, 0) is 0 Å². The Bertz CT molecular complexity index is 470. The van der Waals surface area contributed by atoms with Crippen LogP contribution in [-0.4, -0.2) is 28.8 Å². The summed E-state index contributed by atoms with van der Waals surface area (Å²) in [6.07, 6.45) is 1.94. The molecular formula is C11H11ClN2O3. The van der Waals surface area contributed by atoms with Crippen LogP contribution in [0.25, 0.3) is 0 Å². The summed E-state index contributed by atoms with van der Waals surface area (Å²) in [6.45, 7) is 1.38. The molecule has 0 radical (unpaired) electrons. The molecule has 1 heterocycles. The Labute approximate surface area is 103 Å². The third-order valence-electron chi connectivity index (χ3n) is 2.78. The quantitative estimate of drug-likeness (QED) is 0.602. The number of nitro benzene ring substituents is 1. The molecule has 1 amide bonds. The Morgan fingerprint density at radius 1 is 1.35 bits per heavy atom. The molecule has 90 valence electrons. The van der Waals surface area contributed by atoms with E-state index >= 15 is 0 Å². The Morgan fingerprint density at radius 2 is 2.00 bits per heavy atom. The highest BCUT2D eigenvalue weighted by atomic mass is 35.5. The van der Waals surface area contributed by atoms with Gasteiger partial charge >= 0.3 is 0 Å². The van der Waals surface area contributed by atoms with Crippen molar-refractivity contribution in [3.05, 3.63) is 38.9 Å². The average molecular weight is 255 g/mol. The van der Waals surface area contributed by atoms with E-state index < -0.39 is 4.92 Å². The molecule has 1 aromatic rings. The number of nitro groups is 1. The van der Waals surface area contributed by atoms with Crippen molar-refractivity contribution in [3.8, 4) is 0 Å². The molecule has 17 heavy (non-hydrogen) atoms. The molecule has 1 aliphatic heterocycles. The van der Waals surface area contributed by atoms with Gasteiger partial charge in [0.15, 0.2) is 0 Å². The second-order valence-corrected chi connectivity index (χ2v) is 4.33. The zero-order valence-corrected chi connectivity index (χ0v) is 9.81. The fourth-order valence-corrected chi connectivity index (χ4v) is 2.08. The van der Waals surface area contributed by atoms with Gasteiger partial charge in [0, 0.05) is 25.2 Å². The highest BCUT2D eigenvalue weighted by Gasteiger charge is 2.23. The summed E-state index contributed by atoms with van der Waals surface area (Å²) in [7, 11) is 0. The average Bonchev–Trinajstić information content (AvgIpc) is 2.81. The minimum Gasteiger partial charge on any atom is -0.339 e. The highest BCUT2D eigenvalue weighted by Crippen LogP contribution is 2.24.